The highest BCUT2D eigenvalue weighted by molar-refractivity contribution is 5.99. The van der Waals surface area contributed by atoms with E-state index >= 15 is 0 Å². The van der Waals surface area contributed by atoms with Gasteiger partial charge in [0.2, 0.25) is 5.76 Å². The van der Waals surface area contributed by atoms with Gasteiger partial charge < -0.3 is 23.7 Å². The van der Waals surface area contributed by atoms with Gasteiger partial charge in [0, 0.05) is 13.1 Å². The van der Waals surface area contributed by atoms with Gasteiger partial charge in [-0.3, -0.25) is 9.59 Å². The lowest BCUT2D eigenvalue weighted by Gasteiger charge is -2.27. The van der Waals surface area contributed by atoms with Crippen molar-refractivity contribution in [2.45, 2.75) is 26.5 Å². The number of carbonyl (C=O) groups is 1. The van der Waals surface area contributed by atoms with Crippen LogP contribution in [-0.2, 0) is 6.61 Å². The Bertz CT molecular complexity index is 1520. The lowest BCUT2D eigenvalue weighted by Crippen LogP contribution is -2.35. The minimum absolute atomic E-state index is 0.107. The summed E-state index contributed by atoms with van der Waals surface area (Å²) in [5.41, 5.74) is 3.60. The van der Waals surface area contributed by atoms with Crippen molar-refractivity contribution in [2.24, 2.45) is 0 Å². The van der Waals surface area contributed by atoms with Crippen LogP contribution in [0.1, 0.15) is 45.8 Å². The van der Waals surface area contributed by atoms with Crippen LogP contribution in [-0.4, -0.2) is 49.5 Å². The molecule has 1 atom stereocenters. The second kappa shape index (κ2) is 10.7. The van der Waals surface area contributed by atoms with Crippen molar-refractivity contribution >= 4 is 16.9 Å². The zero-order valence-corrected chi connectivity index (χ0v) is 22.2. The molecular weight excluding hydrogens is 480 g/mol. The molecule has 0 spiro atoms. The molecule has 2 heterocycles. The number of fused-ring (bicyclic) bond motifs is 2. The van der Waals surface area contributed by atoms with Gasteiger partial charge >= 0.3 is 0 Å². The molecule has 0 fully saturated rings. The van der Waals surface area contributed by atoms with Crippen LogP contribution in [0.4, 0.5) is 0 Å². The van der Waals surface area contributed by atoms with Crippen LogP contribution in [0.25, 0.3) is 11.0 Å². The maximum absolute atomic E-state index is 13.7. The van der Waals surface area contributed by atoms with Crippen molar-refractivity contribution in [1.82, 2.24) is 9.80 Å². The molecule has 7 nitrogen and oxygen atoms in total. The molecule has 3 aromatic carbocycles. The summed E-state index contributed by atoms with van der Waals surface area (Å²) in [5, 5.41) is 0.460. The van der Waals surface area contributed by atoms with E-state index in [-0.39, 0.29) is 17.1 Å². The molecule has 4 aromatic rings. The maximum Gasteiger partial charge on any atom is 0.290 e. The Labute approximate surface area is 222 Å². The second-order valence-electron chi connectivity index (χ2n) is 9.79. The van der Waals surface area contributed by atoms with Gasteiger partial charge in [0.25, 0.3) is 5.91 Å². The topological polar surface area (TPSA) is 72.2 Å². The first-order chi connectivity index (χ1) is 18.4. The fraction of sp³-hybridized carbons (Fsp3) is 0.290. The van der Waals surface area contributed by atoms with E-state index in [0.29, 0.717) is 54.3 Å². The number of ether oxygens (including phenoxy) is 2. The Balaban J connectivity index is 1.56. The average molecular weight is 513 g/mol. The molecule has 1 aliphatic rings. The molecular formula is C31H32N2O5. The van der Waals surface area contributed by atoms with Crippen molar-refractivity contribution in [1.29, 1.82) is 0 Å². The van der Waals surface area contributed by atoms with Crippen LogP contribution >= 0.6 is 0 Å². The summed E-state index contributed by atoms with van der Waals surface area (Å²) in [5.74, 6) is 0.990. The Hall–Kier alpha value is -4.10. The summed E-state index contributed by atoms with van der Waals surface area (Å²) >= 11 is 0. The van der Waals surface area contributed by atoms with E-state index < -0.39 is 6.04 Å². The molecule has 7 heteroatoms. The van der Waals surface area contributed by atoms with Gasteiger partial charge in [-0.05, 0) is 63.3 Å². The fourth-order valence-corrected chi connectivity index (χ4v) is 4.78. The minimum atomic E-state index is -0.594. The third kappa shape index (κ3) is 4.89. The number of likely N-dealkylation sites (N-methyl/N-ethyl adjacent to an activating group) is 1. The smallest absolute Gasteiger partial charge is 0.290 e. The summed E-state index contributed by atoms with van der Waals surface area (Å²) in [6.07, 6.45) is 0. The van der Waals surface area contributed by atoms with E-state index in [9.17, 15) is 9.59 Å². The molecule has 0 saturated carbocycles. The molecule has 0 N–H and O–H groups in total. The predicted molar refractivity (Wildman–Crippen MR) is 147 cm³/mol. The van der Waals surface area contributed by atoms with Gasteiger partial charge in [0.05, 0.1) is 23.6 Å². The minimum Gasteiger partial charge on any atom is -0.490 e. The normalized spacial score (nSPS) is 14.8. The molecule has 196 valence electrons. The number of amides is 1. The van der Waals surface area contributed by atoms with Gasteiger partial charge in [0.15, 0.2) is 16.9 Å². The van der Waals surface area contributed by atoms with Crippen LogP contribution < -0.4 is 14.9 Å². The SMILES string of the molecule is CCOc1cc([C@H]2c3c(oc4ccccc4c3=O)C(=O)N2CCN(C)C)ccc1OCc1ccc(C)cc1. The van der Waals surface area contributed by atoms with E-state index in [1.165, 1.54) is 5.56 Å². The van der Waals surface area contributed by atoms with Crippen LogP contribution in [0.15, 0.2) is 75.9 Å². The number of rotatable bonds is 9. The van der Waals surface area contributed by atoms with Crippen LogP contribution in [0, 0.1) is 6.92 Å². The molecule has 1 amide bonds. The number of aryl methyl sites for hydroxylation is 1. The van der Waals surface area contributed by atoms with Gasteiger partial charge in [-0.1, -0.05) is 48.0 Å². The quantitative estimate of drug-likeness (QED) is 0.308. The maximum atomic E-state index is 13.7. The molecule has 0 bridgehead atoms. The van der Waals surface area contributed by atoms with E-state index in [1.54, 1.807) is 29.2 Å². The number of hydrogen-bond acceptors (Lipinski definition) is 6. The van der Waals surface area contributed by atoms with Crippen molar-refractivity contribution < 1.29 is 18.7 Å². The Morgan fingerprint density at radius 3 is 2.45 bits per heavy atom. The second-order valence-corrected chi connectivity index (χ2v) is 9.79. The summed E-state index contributed by atoms with van der Waals surface area (Å²) in [6.45, 7) is 5.88. The molecule has 0 radical (unpaired) electrons. The first-order valence-electron chi connectivity index (χ1n) is 12.8. The third-order valence-electron chi connectivity index (χ3n) is 6.76. The monoisotopic (exact) mass is 512 g/mol. The molecule has 38 heavy (non-hydrogen) atoms. The van der Waals surface area contributed by atoms with Gasteiger partial charge in [0.1, 0.15) is 12.2 Å². The van der Waals surface area contributed by atoms with Crippen molar-refractivity contribution in [3.63, 3.8) is 0 Å². The van der Waals surface area contributed by atoms with E-state index in [2.05, 4.69) is 12.1 Å². The summed E-state index contributed by atoms with van der Waals surface area (Å²) < 4.78 is 18.1. The number of nitrogens with zero attached hydrogens (tertiary/aromatic N) is 2. The molecule has 1 aromatic heterocycles. The van der Waals surface area contributed by atoms with E-state index in [1.807, 2.05) is 63.2 Å². The number of para-hydroxylation sites is 1. The highest BCUT2D eigenvalue weighted by Crippen LogP contribution is 2.41. The Morgan fingerprint density at radius 1 is 0.947 bits per heavy atom. The van der Waals surface area contributed by atoms with Crippen LogP contribution in [0.3, 0.4) is 0 Å². The van der Waals surface area contributed by atoms with Crippen LogP contribution in [0.5, 0.6) is 11.5 Å². The molecule has 0 unspecified atom stereocenters. The average Bonchev–Trinajstić information content (AvgIpc) is 3.19. The van der Waals surface area contributed by atoms with Gasteiger partial charge in [-0.15, -0.1) is 0 Å². The highest BCUT2D eigenvalue weighted by atomic mass is 16.5. The highest BCUT2D eigenvalue weighted by Gasteiger charge is 2.42. The lowest BCUT2D eigenvalue weighted by atomic mass is 9.98. The largest absolute Gasteiger partial charge is 0.490 e. The summed E-state index contributed by atoms with van der Waals surface area (Å²) in [6, 6.07) is 20.3. The standard InChI is InChI=1S/C31H32N2O5/c1-5-36-26-18-22(14-15-25(26)37-19-21-12-10-20(2)11-13-21)28-27-29(34)23-8-6-7-9-24(23)38-30(27)31(35)33(28)17-16-32(3)4/h6-15,18,28H,5,16-17,19H2,1-4H3/t28-/m0/s1. The summed E-state index contributed by atoms with van der Waals surface area (Å²) in [7, 11) is 3.90. The van der Waals surface area contributed by atoms with E-state index in [0.717, 1.165) is 11.1 Å². The van der Waals surface area contributed by atoms with Gasteiger partial charge in [-0.25, -0.2) is 0 Å². The Morgan fingerprint density at radius 2 is 1.71 bits per heavy atom. The number of benzene rings is 3. The molecule has 0 aliphatic carbocycles. The van der Waals surface area contributed by atoms with Crippen LogP contribution in [0.2, 0.25) is 0 Å². The Kier molecular flexibility index (Phi) is 7.20. The molecule has 0 saturated heterocycles. The third-order valence-corrected chi connectivity index (χ3v) is 6.76. The van der Waals surface area contributed by atoms with Crippen molar-refractivity contribution in [3.8, 4) is 11.5 Å². The molecule has 1 aliphatic heterocycles. The zero-order valence-electron chi connectivity index (χ0n) is 22.2. The molecule has 5 rings (SSSR count). The number of carbonyl (C=O) groups excluding carboxylic acids is 1. The first-order valence-corrected chi connectivity index (χ1v) is 12.8. The van der Waals surface area contributed by atoms with E-state index in [4.69, 9.17) is 13.9 Å². The van der Waals surface area contributed by atoms with Crippen molar-refractivity contribution in [2.75, 3.05) is 33.8 Å². The summed E-state index contributed by atoms with van der Waals surface area (Å²) in [4.78, 5) is 31.0. The zero-order chi connectivity index (χ0) is 26.8. The number of hydrogen-bond donors (Lipinski definition) is 0. The predicted octanol–water partition coefficient (Wildman–Crippen LogP) is 5.19. The first kappa shape index (κ1) is 25.5. The fourth-order valence-electron chi connectivity index (χ4n) is 4.78. The van der Waals surface area contributed by atoms with Gasteiger partial charge in [-0.2, -0.15) is 0 Å². The lowest BCUT2D eigenvalue weighted by molar-refractivity contribution is 0.0716. The van der Waals surface area contributed by atoms with Crippen molar-refractivity contribution in [3.05, 3.63) is 105 Å².